The molecule has 1 atom stereocenters. The monoisotopic (exact) mass is 470 g/mol. The fraction of sp³-hybridized carbons (Fsp3) is 0.500. The summed E-state index contributed by atoms with van der Waals surface area (Å²) in [6.07, 6.45) is 3.58. The van der Waals surface area contributed by atoms with Gasteiger partial charge in [0.1, 0.15) is 5.82 Å². The number of nitrogens with zero attached hydrogens (tertiary/aromatic N) is 4. The summed E-state index contributed by atoms with van der Waals surface area (Å²) in [5.74, 6) is 1.60. The Bertz CT molecular complexity index is 1010. The summed E-state index contributed by atoms with van der Waals surface area (Å²) in [4.78, 5) is 22.2. The van der Waals surface area contributed by atoms with Crippen LogP contribution in [0.5, 0.6) is 0 Å². The van der Waals surface area contributed by atoms with Gasteiger partial charge in [0.25, 0.3) is 0 Å². The van der Waals surface area contributed by atoms with Gasteiger partial charge in [-0.15, -0.1) is 0 Å². The van der Waals surface area contributed by atoms with E-state index in [2.05, 4.69) is 27.6 Å². The molecule has 0 spiro atoms. The molecule has 0 aliphatic heterocycles. The third-order valence-electron chi connectivity index (χ3n) is 5.20. The van der Waals surface area contributed by atoms with E-state index < -0.39 is 0 Å². The zero-order valence-corrected chi connectivity index (χ0v) is 20.5. The van der Waals surface area contributed by atoms with E-state index in [1.54, 1.807) is 18.0 Å². The number of benzene rings is 1. The molecule has 0 aliphatic rings. The van der Waals surface area contributed by atoms with Gasteiger partial charge in [0.2, 0.25) is 5.91 Å². The van der Waals surface area contributed by atoms with Gasteiger partial charge in [-0.25, -0.2) is 14.6 Å². The number of fused-ring (bicyclic) bond motifs is 1. The van der Waals surface area contributed by atoms with Crippen molar-refractivity contribution in [1.82, 2.24) is 25.1 Å². The third kappa shape index (κ3) is 6.91. The predicted molar refractivity (Wildman–Crippen MR) is 134 cm³/mol. The first-order chi connectivity index (χ1) is 16.2. The van der Waals surface area contributed by atoms with E-state index in [1.165, 1.54) is 0 Å². The molecular weight excluding hydrogens is 436 g/mol. The number of nitrogens with one attached hydrogen (secondary N) is 2. The number of thioether (sulfide) groups is 1. The molecule has 33 heavy (non-hydrogen) atoms. The van der Waals surface area contributed by atoms with E-state index in [9.17, 15) is 4.79 Å². The van der Waals surface area contributed by atoms with Gasteiger partial charge in [-0.3, -0.25) is 4.79 Å². The Morgan fingerprint density at radius 3 is 2.70 bits per heavy atom. The van der Waals surface area contributed by atoms with Crippen LogP contribution in [-0.2, 0) is 16.1 Å². The maximum absolute atomic E-state index is 12.8. The Kier molecular flexibility index (Phi) is 9.96. The third-order valence-corrected chi connectivity index (χ3v) is 6.26. The number of rotatable bonds is 14. The summed E-state index contributed by atoms with van der Waals surface area (Å²) in [6.45, 7) is 9.13. The molecule has 0 aliphatic carbocycles. The van der Waals surface area contributed by atoms with E-state index in [0.29, 0.717) is 32.8 Å². The lowest BCUT2D eigenvalue weighted by molar-refractivity contribution is -0.122. The highest BCUT2D eigenvalue weighted by molar-refractivity contribution is 7.99. The quantitative estimate of drug-likeness (QED) is 0.208. The fourth-order valence-corrected chi connectivity index (χ4v) is 4.24. The van der Waals surface area contributed by atoms with Crippen molar-refractivity contribution in [2.75, 3.05) is 37.4 Å². The Balaban J connectivity index is 1.69. The van der Waals surface area contributed by atoms with Gasteiger partial charge in [0, 0.05) is 25.4 Å². The molecule has 178 valence electrons. The molecule has 2 heterocycles. The van der Waals surface area contributed by atoms with Crippen LogP contribution in [0.15, 0.2) is 41.7 Å². The zero-order valence-electron chi connectivity index (χ0n) is 19.7. The summed E-state index contributed by atoms with van der Waals surface area (Å²) in [6, 6.07) is 9.90. The summed E-state index contributed by atoms with van der Waals surface area (Å²) < 4.78 is 7.27. The number of ether oxygens (including phenoxy) is 1. The van der Waals surface area contributed by atoms with Crippen LogP contribution in [0.1, 0.15) is 45.1 Å². The molecule has 2 N–H and O–H groups in total. The highest BCUT2D eigenvalue weighted by Gasteiger charge is 2.18. The van der Waals surface area contributed by atoms with Crippen LogP contribution in [0.25, 0.3) is 11.0 Å². The molecule has 1 amide bonds. The molecule has 3 rings (SSSR count). The van der Waals surface area contributed by atoms with E-state index in [1.807, 2.05) is 48.9 Å². The number of amides is 1. The zero-order chi connectivity index (χ0) is 23.5. The van der Waals surface area contributed by atoms with Crippen molar-refractivity contribution in [2.45, 2.75) is 51.2 Å². The van der Waals surface area contributed by atoms with Crippen LogP contribution in [-0.4, -0.2) is 57.7 Å². The highest BCUT2D eigenvalue weighted by atomic mass is 32.2. The van der Waals surface area contributed by atoms with E-state index in [0.717, 1.165) is 46.2 Å². The van der Waals surface area contributed by atoms with Crippen LogP contribution in [0, 0.1) is 0 Å². The lowest BCUT2D eigenvalue weighted by Crippen LogP contribution is -2.32. The molecule has 2 aromatic heterocycles. The number of anilines is 1. The van der Waals surface area contributed by atoms with Crippen LogP contribution in [0.3, 0.4) is 0 Å². The van der Waals surface area contributed by atoms with Crippen LogP contribution in [0.4, 0.5) is 5.82 Å². The minimum Gasteiger partial charge on any atom is -0.380 e. The maximum Gasteiger partial charge on any atom is 0.227 e. The molecule has 0 saturated carbocycles. The molecule has 1 unspecified atom stereocenters. The van der Waals surface area contributed by atoms with Crippen molar-refractivity contribution in [3.05, 3.63) is 42.1 Å². The van der Waals surface area contributed by atoms with Crippen LogP contribution >= 0.6 is 11.8 Å². The summed E-state index contributed by atoms with van der Waals surface area (Å²) in [7, 11) is 0. The van der Waals surface area contributed by atoms with Gasteiger partial charge < -0.3 is 15.4 Å². The Morgan fingerprint density at radius 2 is 1.97 bits per heavy atom. The van der Waals surface area contributed by atoms with Crippen molar-refractivity contribution in [3.63, 3.8) is 0 Å². The number of aromatic nitrogens is 4. The average molecular weight is 471 g/mol. The first kappa shape index (κ1) is 25.0. The summed E-state index contributed by atoms with van der Waals surface area (Å²) in [5.41, 5.74) is 1.81. The Labute approximate surface area is 199 Å². The lowest BCUT2D eigenvalue weighted by atomic mass is 9.96. The van der Waals surface area contributed by atoms with Crippen molar-refractivity contribution >= 4 is 34.5 Å². The maximum atomic E-state index is 12.8. The molecule has 0 bridgehead atoms. The first-order valence-electron chi connectivity index (χ1n) is 11.7. The van der Waals surface area contributed by atoms with Crippen molar-refractivity contribution < 1.29 is 9.53 Å². The van der Waals surface area contributed by atoms with E-state index in [4.69, 9.17) is 9.72 Å². The van der Waals surface area contributed by atoms with E-state index in [-0.39, 0.29) is 11.8 Å². The number of carbonyl (C=O) groups excluding carboxylic acids is 1. The minimum atomic E-state index is -0.152. The smallest absolute Gasteiger partial charge is 0.227 e. The summed E-state index contributed by atoms with van der Waals surface area (Å²) in [5, 5.41) is 12.5. The molecular formula is C24H34N6O2S. The van der Waals surface area contributed by atoms with Gasteiger partial charge in [0.05, 0.1) is 30.7 Å². The van der Waals surface area contributed by atoms with Gasteiger partial charge in [-0.05, 0) is 25.3 Å². The van der Waals surface area contributed by atoms with Crippen molar-refractivity contribution in [2.24, 2.45) is 0 Å². The molecule has 0 fully saturated rings. The van der Waals surface area contributed by atoms with Gasteiger partial charge in [-0.1, -0.05) is 55.9 Å². The predicted octanol–water partition coefficient (Wildman–Crippen LogP) is 4.09. The van der Waals surface area contributed by atoms with Gasteiger partial charge in [0.15, 0.2) is 10.8 Å². The number of hydrogen-bond acceptors (Lipinski definition) is 7. The van der Waals surface area contributed by atoms with E-state index >= 15 is 0 Å². The standard InChI is InChI=1S/C24H34N6O2S/c1-4-16-33-24-28-21(25-13-15-32-6-3)20-17-27-30(22(20)29-24)14-12-26-23(31)19(5-2)18-10-8-7-9-11-18/h7-11,17,19H,4-6,12-16H2,1-3H3,(H,26,31)(H,25,28,29). The topological polar surface area (TPSA) is 94.0 Å². The van der Waals surface area contributed by atoms with Gasteiger partial charge in [-0.2, -0.15) is 5.10 Å². The second-order valence-electron chi connectivity index (χ2n) is 7.59. The molecule has 8 nitrogen and oxygen atoms in total. The van der Waals surface area contributed by atoms with Crippen LogP contribution < -0.4 is 10.6 Å². The molecule has 0 radical (unpaired) electrons. The SMILES string of the molecule is CCCSc1nc(NCCOCC)c2cnn(CCNC(=O)C(CC)c3ccccc3)c2n1. The highest BCUT2D eigenvalue weighted by Crippen LogP contribution is 2.25. The van der Waals surface area contributed by atoms with Crippen molar-refractivity contribution in [1.29, 1.82) is 0 Å². The van der Waals surface area contributed by atoms with Crippen molar-refractivity contribution in [3.8, 4) is 0 Å². The number of hydrogen-bond donors (Lipinski definition) is 2. The second-order valence-corrected chi connectivity index (χ2v) is 8.66. The Hall–Kier alpha value is -2.65. The Morgan fingerprint density at radius 1 is 1.15 bits per heavy atom. The lowest BCUT2D eigenvalue weighted by Gasteiger charge is -2.15. The normalized spacial score (nSPS) is 12.1. The first-order valence-corrected chi connectivity index (χ1v) is 12.7. The van der Waals surface area contributed by atoms with Crippen LogP contribution in [0.2, 0.25) is 0 Å². The second kappa shape index (κ2) is 13.2. The van der Waals surface area contributed by atoms with Gasteiger partial charge >= 0.3 is 0 Å². The number of carbonyl (C=O) groups is 1. The average Bonchev–Trinajstić information content (AvgIpc) is 3.24. The molecule has 9 heteroatoms. The molecule has 0 saturated heterocycles. The summed E-state index contributed by atoms with van der Waals surface area (Å²) >= 11 is 1.63. The minimum absolute atomic E-state index is 0.0345. The molecule has 3 aromatic rings. The fourth-order valence-electron chi connectivity index (χ4n) is 3.54. The largest absolute Gasteiger partial charge is 0.380 e. The molecule has 1 aromatic carbocycles.